The number of carbonyl (C=O) groups excluding carboxylic acids is 1. The van der Waals surface area contributed by atoms with Crippen LogP contribution >= 0.6 is 15.9 Å². The monoisotopic (exact) mass is 376 g/mol. The third kappa shape index (κ3) is 5.10. The summed E-state index contributed by atoms with van der Waals surface area (Å²) in [5.41, 5.74) is 4.15. The lowest BCUT2D eigenvalue weighted by Gasteiger charge is -2.08. The fourth-order valence-electron chi connectivity index (χ4n) is 1.90. The Bertz CT molecular complexity index is 717. The first-order chi connectivity index (χ1) is 11.1. The number of carbonyl (C=O) groups is 1. The highest BCUT2D eigenvalue weighted by atomic mass is 79.9. The van der Waals surface area contributed by atoms with E-state index in [0.717, 1.165) is 15.6 Å². The smallest absolute Gasteiger partial charge is 0.277 e. The first-order valence-corrected chi connectivity index (χ1v) is 7.73. The Kier molecular flexibility index (Phi) is 6.17. The van der Waals surface area contributed by atoms with Gasteiger partial charge in [-0.1, -0.05) is 28.1 Å². The van der Waals surface area contributed by atoms with E-state index in [9.17, 15) is 4.79 Å². The first-order valence-electron chi connectivity index (χ1n) is 6.94. The quantitative estimate of drug-likeness (QED) is 0.621. The maximum absolute atomic E-state index is 11.7. The van der Waals surface area contributed by atoms with Crippen LogP contribution in [0.2, 0.25) is 0 Å². The molecule has 0 aliphatic rings. The van der Waals surface area contributed by atoms with Gasteiger partial charge in [-0.3, -0.25) is 4.79 Å². The predicted molar refractivity (Wildman–Crippen MR) is 93.1 cm³/mol. The largest absolute Gasteiger partial charge is 0.496 e. The number of halogens is 1. The number of hydrogen-bond acceptors (Lipinski definition) is 4. The normalized spacial score (nSPS) is 10.6. The highest BCUT2D eigenvalue weighted by molar-refractivity contribution is 9.10. The average Bonchev–Trinajstić information content (AvgIpc) is 2.54. The van der Waals surface area contributed by atoms with Crippen LogP contribution in [-0.2, 0) is 4.79 Å². The topological polar surface area (TPSA) is 59.9 Å². The molecular formula is C17H17BrN2O3. The van der Waals surface area contributed by atoms with Crippen molar-refractivity contribution in [1.82, 2.24) is 5.43 Å². The van der Waals surface area contributed by atoms with Gasteiger partial charge < -0.3 is 9.47 Å². The van der Waals surface area contributed by atoms with E-state index in [4.69, 9.17) is 9.47 Å². The van der Waals surface area contributed by atoms with Crippen LogP contribution in [0.1, 0.15) is 11.1 Å². The molecular weight excluding hydrogens is 360 g/mol. The second kappa shape index (κ2) is 8.33. The van der Waals surface area contributed by atoms with Crippen LogP contribution < -0.4 is 14.9 Å². The zero-order chi connectivity index (χ0) is 16.7. The number of para-hydroxylation sites is 1. The second-order valence-electron chi connectivity index (χ2n) is 4.73. The van der Waals surface area contributed by atoms with Crippen molar-refractivity contribution in [2.24, 2.45) is 5.10 Å². The van der Waals surface area contributed by atoms with Crippen LogP contribution in [0, 0.1) is 6.92 Å². The van der Waals surface area contributed by atoms with Gasteiger partial charge in [0.2, 0.25) is 0 Å². The molecule has 0 saturated heterocycles. The molecule has 1 N–H and O–H groups in total. The molecule has 2 aromatic rings. The lowest BCUT2D eigenvalue weighted by molar-refractivity contribution is -0.123. The minimum absolute atomic E-state index is 0.105. The van der Waals surface area contributed by atoms with E-state index in [2.05, 4.69) is 26.5 Å². The number of nitrogens with zero attached hydrogens (tertiary/aromatic N) is 1. The van der Waals surface area contributed by atoms with E-state index >= 15 is 0 Å². The average molecular weight is 377 g/mol. The van der Waals surface area contributed by atoms with Gasteiger partial charge in [-0.2, -0.15) is 5.10 Å². The van der Waals surface area contributed by atoms with Crippen molar-refractivity contribution in [2.75, 3.05) is 13.7 Å². The minimum Gasteiger partial charge on any atom is -0.496 e. The van der Waals surface area contributed by atoms with Crippen LogP contribution in [0.25, 0.3) is 0 Å². The standard InChI is InChI=1S/C17H17BrN2O3/c1-12-9-14(18)7-8-15(12)23-11-17(21)20-19-10-13-5-3-4-6-16(13)22-2/h3-10H,11H2,1-2H3,(H,20,21)/b19-10+. The van der Waals surface area contributed by atoms with Crippen LogP contribution in [0.3, 0.4) is 0 Å². The molecule has 0 spiro atoms. The Morgan fingerprint density at radius 1 is 1.26 bits per heavy atom. The first kappa shape index (κ1) is 17.0. The highest BCUT2D eigenvalue weighted by Gasteiger charge is 2.04. The summed E-state index contributed by atoms with van der Waals surface area (Å²) in [5, 5.41) is 3.91. The molecule has 1 amide bonds. The number of hydrogen-bond donors (Lipinski definition) is 1. The van der Waals surface area contributed by atoms with Crippen molar-refractivity contribution >= 4 is 28.1 Å². The summed E-state index contributed by atoms with van der Waals surface area (Å²) in [4.78, 5) is 11.7. The lowest BCUT2D eigenvalue weighted by Crippen LogP contribution is -2.24. The molecule has 2 aromatic carbocycles. The number of ether oxygens (including phenoxy) is 2. The van der Waals surface area contributed by atoms with Gasteiger partial charge in [0.05, 0.1) is 13.3 Å². The van der Waals surface area contributed by atoms with E-state index in [1.165, 1.54) is 6.21 Å². The van der Waals surface area contributed by atoms with Crippen molar-refractivity contribution in [3.63, 3.8) is 0 Å². The van der Waals surface area contributed by atoms with Crippen molar-refractivity contribution in [1.29, 1.82) is 0 Å². The maximum atomic E-state index is 11.7. The molecule has 0 radical (unpaired) electrons. The summed E-state index contributed by atoms with van der Waals surface area (Å²) in [6, 6.07) is 13.0. The number of benzene rings is 2. The van der Waals surface area contributed by atoms with Crippen LogP contribution in [0.5, 0.6) is 11.5 Å². The Hall–Kier alpha value is -2.34. The van der Waals surface area contributed by atoms with Gasteiger partial charge in [0.25, 0.3) is 5.91 Å². The summed E-state index contributed by atoms with van der Waals surface area (Å²) >= 11 is 3.38. The van der Waals surface area contributed by atoms with Gasteiger partial charge >= 0.3 is 0 Å². The number of aryl methyl sites for hydroxylation is 1. The molecule has 23 heavy (non-hydrogen) atoms. The molecule has 0 heterocycles. The van der Waals surface area contributed by atoms with Crippen molar-refractivity contribution < 1.29 is 14.3 Å². The maximum Gasteiger partial charge on any atom is 0.277 e. The van der Waals surface area contributed by atoms with E-state index in [0.29, 0.717) is 11.5 Å². The molecule has 0 aliphatic heterocycles. The van der Waals surface area contributed by atoms with Crippen LogP contribution in [-0.4, -0.2) is 25.8 Å². The fraction of sp³-hybridized carbons (Fsp3) is 0.176. The number of nitrogens with one attached hydrogen (secondary N) is 1. The van der Waals surface area contributed by atoms with E-state index < -0.39 is 0 Å². The third-order valence-corrected chi connectivity index (χ3v) is 3.52. The van der Waals surface area contributed by atoms with Gasteiger partial charge in [-0.15, -0.1) is 0 Å². The van der Waals surface area contributed by atoms with Crippen molar-refractivity contribution in [2.45, 2.75) is 6.92 Å². The van der Waals surface area contributed by atoms with Crippen LogP contribution in [0.15, 0.2) is 52.0 Å². The molecule has 120 valence electrons. The molecule has 0 bridgehead atoms. The Labute approximate surface area is 143 Å². The molecule has 6 heteroatoms. The van der Waals surface area contributed by atoms with Gasteiger partial charge in [0.1, 0.15) is 11.5 Å². The Balaban J connectivity index is 1.86. The van der Waals surface area contributed by atoms with E-state index in [1.807, 2.05) is 49.4 Å². The molecule has 5 nitrogen and oxygen atoms in total. The van der Waals surface area contributed by atoms with Gasteiger partial charge in [0, 0.05) is 10.0 Å². The highest BCUT2D eigenvalue weighted by Crippen LogP contribution is 2.21. The molecule has 0 atom stereocenters. The summed E-state index contributed by atoms with van der Waals surface area (Å²) in [5.74, 6) is 1.02. The van der Waals surface area contributed by atoms with E-state index in [-0.39, 0.29) is 12.5 Å². The van der Waals surface area contributed by atoms with E-state index in [1.54, 1.807) is 7.11 Å². The summed E-state index contributed by atoms with van der Waals surface area (Å²) < 4.78 is 11.6. The van der Waals surface area contributed by atoms with Gasteiger partial charge in [-0.25, -0.2) is 5.43 Å². The minimum atomic E-state index is -0.335. The van der Waals surface area contributed by atoms with Crippen LogP contribution in [0.4, 0.5) is 0 Å². The zero-order valence-electron chi connectivity index (χ0n) is 12.9. The lowest BCUT2D eigenvalue weighted by atomic mass is 10.2. The van der Waals surface area contributed by atoms with Gasteiger partial charge in [-0.05, 0) is 42.8 Å². The molecule has 0 unspecified atom stereocenters. The molecule has 2 rings (SSSR count). The zero-order valence-corrected chi connectivity index (χ0v) is 14.5. The second-order valence-corrected chi connectivity index (χ2v) is 5.65. The molecule has 0 aromatic heterocycles. The Morgan fingerprint density at radius 3 is 2.78 bits per heavy atom. The third-order valence-electron chi connectivity index (χ3n) is 3.03. The SMILES string of the molecule is COc1ccccc1/C=N/NC(=O)COc1ccc(Br)cc1C. The predicted octanol–water partition coefficient (Wildman–Crippen LogP) is 3.30. The summed E-state index contributed by atoms with van der Waals surface area (Å²) in [6.07, 6.45) is 1.53. The van der Waals surface area contributed by atoms with Crippen molar-refractivity contribution in [3.05, 3.63) is 58.1 Å². The van der Waals surface area contributed by atoms with Crippen molar-refractivity contribution in [3.8, 4) is 11.5 Å². The number of hydrazone groups is 1. The number of rotatable bonds is 6. The fourth-order valence-corrected chi connectivity index (χ4v) is 2.37. The van der Waals surface area contributed by atoms with Gasteiger partial charge in [0.15, 0.2) is 6.61 Å². The molecule has 0 saturated carbocycles. The Morgan fingerprint density at radius 2 is 2.04 bits per heavy atom. The number of amides is 1. The summed E-state index contributed by atoms with van der Waals surface area (Å²) in [6.45, 7) is 1.81. The molecule has 0 fully saturated rings. The number of methoxy groups -OCH3 is 1. The molecule has 0 aliphatic carbocycles. The summed E-state index contributed by atoms with van der Waals surface area (Å²) in [7, 11) is 1.58.